The Hall–Kier alpha value is -1.75. The van der Waals surface area contributed by atoms with E-state index in [1.807, 2.05) is 0 Å². The fourth-order valence-electron chi connectivity index (χ4n) is 1.79. The molecule has 0 fully saturated rings. The molecule has 4 nitrogen and oxygen atoms in total. The first-order valence-electron chi connectivity index (χ1n) is 6.50. The van der Waals surface area contributed by atoms with Crippen molar-refractivity contribution in [2.45, 2.75) is 26.0 Å². The number of carbonyl (C=O) groups is 1. The largest absolute Gasteiger partial charge is 0.360 e. The minimum Gasteiger partial charge on any atom is -0.360 e. The summed E-state index contributed by atoms with van der Waals surface area (Å²) in [5, 5.41) is 6.44. The van der Waals surface area contributed by atoms with E-state index >= 15 is 0 Å². The van der Waals surface area contributed by atoms with Gasteiger partial charge in [0.2, 0.25) is 5.91 Å². The van der Waals surface area contributed by atoms with Gasteiger partial charge < -0.3 is 9.84 Å². The number of anilines is 1. The summed E-state index contributed by atoms with van der Waals surface area (Å²) in [5.41, 5.74) is 2.56. The van der Waals surface area contributed by atoms with E-state index in [1.54, 1.807) is 24.8 Å². The molecule has 0 aliphatic heterocycles. The van der Waals surface area contributed by atoms with Gasteiger partial charge in [0.25, 0.3) is 0 Å². The van der Waals surface area contributed by atoms with Crippen LogP contribution in [-0.4, -0.2) is 16.8 Å². The summed E-state index contributed by atoms with van der Waals surface area (Å²) in [6.07, 6.45) is 0.475. The van der Waals surface area contributed by atoms with E-state index in [1.165, 1.54) is 11.1 Å². The van der Waals surface area contributed by atoms with Crippen LogP contribution in [0.5, 0.6) is 0 Å². The highest BCUT2D eigenvalue weighted by Gasteiger charge is 2.06. The Bertz CT molecular complexity index is 581. The molecule has 0 saturated heterocycles. The number of benzene rings is 1. The molecule has 0 radical (unpaired) electrons. The maximum atomic E-state index is 11.7. The van der Waals surface area contributed by atoms with E-state index in [4.69, 9.17) is 4.52 Å². The fourth-order valence-corrected chi connectivity index (χ4v) is 2.68. The molecule has 0 aliphatic rings. The van der Waals surface area contributed by atoms with Gasteiger partial charge in [0.05, 0.1) is 0 Å². The molecule has 0 atom stereocenters. The molecule has 0 bridgehead atoms. The van der Waals surface area contributed by atoms with Gasteiger partial charge in [-0.2, -0.15) is 11.8 Å². The van der Waals surface area contributed by atoms with E-state index in [2.05, 4.69) is 41.7 Å². The predicted octanol–water partition coefficient (Wildman–Crippen LogP) is 3.55. The van der Waals surface area contributed by atoms with Crippen molar-refractivity contribution in [3.8, 4) is 0 Å². The molecule has 0 aliphatic carbocycles. The van der Waals surface area contributed by atoms with Gasteiger partial charge in [-0.05, 0) is 19.4 Å². The van der Waals surface area contributed by atoms with Crippen LogP contribution in [-0.2, 0) is 10.5 Å². The summed E-state index contributed by atoms with van der Waals surface area (Å²) in [4.78, 5) is 11.7. The molecule has 0 unspecified atom stereocenters. The first-order valence-corrected chi connectivity index (χ1v) is 7.65. The van der Waals surface area contributed by atoms with Crippen molar-refractivity contribution < 1.29 is 9.32 Å². The van der Waals surface area contributed by atoms with Gasteiger partial charge in [0, 0.05) is 24.0 Å². The number of aryl methyl sites for hydroxylation is 2. The Labute approximate surface area is 122 Å². The molecule has 1 aromatic carbocycles. The van der Waals surface area contributed by atoms with E-state index < -0.39 is 0 Å². The minimum atomic E-state index is -0.0324. The number of hydrogen-bond acceptors (Lipinski definition) is 4. The lowest BCUT2D eigenvalue weighted by Gasteiger charge is -2.03. The Kier molecular flexibility index (Phi) is 5.24. The smallest absolute Gasteiger partial charge is 0.226 e. The second-order valence-corrected chi connectivity index (χ2v) is 5.77. The number of carbonyl (C=O) groups excluding carboxylic acids is 1. The van der Waals surface area contributed by atoms with Crippen LogP contribution in [0.2, 0.25) is 0 Å². The van der Waals surface area contributed by atoms with Crippen LogP contribution < -0.4 is 5.32 Å². The number of aromatic nitrogens is 1. The zero-order chi connectivity index (χ0) is 14.4. The van der Waals surface area contributed by atoms with Gasteiger partial charge in [0.15, 0.2) is 5.82 Å². The van der Waals surface area contributed by atoms with Crippen molar-refractivity contribution in [3.05, 3.63) is 47.2 Å². The lowest BCUT2D eigenvalue weighted by Crippen LogP contribution is -2.12. The van der Waals surface area contributed by atoms with Crippen molar-refractivity contribution in [1.82, 2.24) is 5.16 Å². The summed E-state index contributed by atoms with van der Waals surface area (Å²) in [6, 6.07) is 10.1. The highest BCUT2D eigenvalue weighted by molar-refractivity contribution is 7.98. The van der Waals surface area contributed by atoms with Gasteiger partial charge in [-0.1, -0.05) is 35.0 Å². The topological polar surface area (TPSA) is 55.1 Å². The summed E-state index contributed by atoms with van der Waals surface area (Å²) < 4.78 is 4.89. The highest BCUT2D eigenvalue weighted by Crippen LogP contribution is 2.15. The van der Waals surface area contributed by atoms with Gasteiger partial charge in [0.1, 0.15) is 5.76 Å². The van der Waals surface area contributed by atoms with Crippen LogP contribution in [0, 0.1) is 13.8 Å². The van der Waals surface area contributed by atoms with Crippen LogP contribution in [0.3, 0.4) is 0 Å². The molecular formula is C15H18N2O2S. The standard InChI is InChI=1S/C15H18N2O2S/c1-11-4-3-5-13(8-11)10-20-7-6-15(18)16-14-9-12(2)19-17-14/h3-5,8-9H,6-7,10H2,1-2H3,(H,16,17,18). The van der Waals surface area contributed by atoms with Gasteiger partial charge in [-0.15, -0.1) is 0 Å². The molecule has 1 N–H and O–H groups in total. The van der Waals surface area contributed by atoms with Crippen molar-refractivity contribution in [3.63, 3.8) is 0 Å². The van der Waals surface area contributed by atoms with E-state index in [9.17, 15) is 4.79 Å². The summed E-state index contributed by atoms with van der Waals surface area (Å²) in [7, 11) is 0. The van der Waals surface area contributed by atoms with Crippen LogP contribution in [0.15, 0.2) is 34.9 Å². The Morgan fingerprint density at radius 3 is 2.90 bits per heavy atom. The molecule has 0 spiro atoms. The SMILES string of the molecule is Cc1cccc(CSCCC(=O)Nc2cc(C)on2)c1. The molecule has 5 heteroatoms. The van der Waals surface area contributed by atoms with E-state index in [0.29, 0.717) is 18.0 Å². The number of thioether (sulfide) groups is 1. The maximum Gasteiger partial charge on any atom is 0.226 e. The average molecular weight is 290 g/mol. The predicted molar refractivity (Wildman–Crippen MR) is 81.8 cm³/mol. The summed E-state index contributed by atoms with van der Waals surface area (Å²) in [6.45, 7) is 3.88. The average Bonchev–Trinajstić information content (AvgIpc) is 2.80. The second-order valence-electron chi connectivity index (χ2n) is 4.66. The van der Waals surface area contributed by atoms with Gasteiger partial charge >= 0.3 is 0 Å². The van der Waals surface area contributed by atoms with E-state index in [-0.39, 0.29) is 5.91 Å². The van der Waals surface area contributed by atoms with Gasteiger partial charge in [-0.25, -0.2) is 0 Å². The first kappa shape index (κ1) is 14.7. The van der Waals surface area contributed by atoms with E-state index in [0.717, 1.165) is 11.5 Å². The summed E-state index contributed by atoms with van der Waals surface area (Å²) in [5.74, 6) is 2.86. The molecular weight excluding hydrogens is 272 g/mol. The number of nitrogens with zero attached hydrogens (tertiary/aromatic N) is 1. The van der Waals surface area contributed by atoms with Crippen LogP contribution in [0.25, 0.3) is 0 Å². The molecule has 20 heavy (non-hydrogen) atoms. The third kappa shape index (κ3) is 4.74. The van der Waals surface area contributed by atoms with Crippen molar-refractivity contribution in [2.24, 2.45) is 0 Å². The zero-order valence-electron chi connectivity index (χ0n) is 11.7. The van der Waals surface area contributed by atoms with Crippen LogP contribution in [0.4, 0.5) is 5.82 Å². The Morgan fingerprint density at radius 2 is 2.20 bits per heavy atom. The molecule has 0 saturated carbocycles. The molecule has 1 aromatic heterocycles. The lowest BCUT2D eigenvalue weighted by atomic mass is 10.2. The Morgan fingerprint density at radius 1 is 1.35 bits per heavy atom. The number of rotatable bonds is 6. The zero-order valence-corrected chi connectivity index (χ0v) is 12.5. The quantitative estimate of drug-likeness (QED) is 0.827. The van der Waals surface area contributed by atoms with Gasteiger partial charge in [-0.3, -0.25) is 4.79 Å². The van der Waals surface area contributed by atoms with Crippen LogP contribution in [0.1, 0.15) is 23.3 Å². The number of hydrogen-bond donors (Lipinski definition) is 1. The lowest BCUT2D eigenvalue weighted by molar-refractivity contribution is -0.115. The maximum absolute atomic E-state index is 11.7. The number of amides is 1. The molecule has 1 heterocycles. The monoisotopic (exact) mass is 290 g/mol. The van der Waals surface area contributed by atoms with Crippen LogP contribution >= 0.6 is 11.8 Å². The third-order valence-electron chi connectivity index (χ3n) is 2.72. The highest BCUT2D eigenvalue weighted by atomic mass is 32.2. The summed E-state index contributed by atoms with van der Waals surface area (Å²) >= 11 is 1.75. The van der Waals surface area contributed by atoms with Crippen molar-refractivity contribution in [2.75, 3.05) is 11.1 Å². The normalized spacial score (nSPS) is 10.5. The molecule has 1 amide bonds. The fraction of sp³-hybridized carbons (Fsp3) is 0.333. The minimum absolute atomic E-state index is 0.0324. The molecule has 2 rings (SSSR count). The first-order chi connectivity index (χ1) is 9.63. The third-order valence-corrected chi connectivity index (χ3v) is 3.75. The number of nitrogens with one attached hydrogen (secondary N) is 1. The molecule has 106 valence electrons. The van der Waals surface area contributed by atoms with Crippen molar-refractivity contribution >= 4 is 23.5 Å². The second kappa shape index (κ2) is 7.14. The molecule has 2 aromatic rings. The Balaban J connectivity index is 1.67. The van der Waals surface area contributed by atoms with Crippen molar-refractivity contribution in [1.29, 1.82) is 0 Å².